The SMILES string of the molecule is CCCN(CC#Cc1ccccc1)C(=O)c1cccc(NC(=O)C2CCCO2)c1C. The van der Waals surface area contributed by atoms with Crippen LogP contribution in [0.25, 0.3) is 0 Å². The highest BCUT2D eigenvalue weighted by Gasteiger charge is 2.25. The van der Waals surface area contributed by atoms with E-state index in [9.17, 15) is 9.59 Å². The van der Waals surface area contributed by atoms with Gasteiger partial charge in [-0.15, -0.1) is 0 Å². The summed E-state index contributed by atoms with van der Waals surface area (Å²) in [6.45, 7) is 5.49. The molecule has 2 aromatic rings. The Hall–Kier alpha value is -3.10. The third-order valence-corrected chi connectivity index (χ3v) is 5.10. The van der Waals surface area contributed by atoms with E-state index in [0.717, 1.165) is 30.4 Å². The van der Waals surface area contributed by atoms with Crippen LogP contribution in [0.5, 0.6) is 0 Å². The first-order valence-electron chi connectivity index (χ1n) is 10.5. The number of amides is 2. The predicted molar refractivity (Wildman–Crippen MR) is 118 cm³/mol. The van der Waals surface area contributed by atoms with E-state index in [1.807, 2.05) is 50.2 Å². The van der Waals surface area contributed by atoms with E-state index in [1.54, 1.807) is 17.0 Å². The van der Waals surface area contributed by atoms with Gasteiger partial charge in [-0.2, -0.15) is 0 Å². The molecule has 0 spiro atoms. The molecule has 1 aliphatic heterocycles. The van der Waals surface area contributed by atoms with E-state index >= 15 is 0 Å². The first-order chi connectivity index (χ1) is 14.6. The number of nitrogens with zero attached hydrogens (tertiary/aromatic N) is 1. The van der Waals surface area contributed by atoms with Gasteiger partial charge in [-0.25, -0.2) is 0 Å². The number of anilines is 1. The van der Waals surface area contributed by atoms with Crippen LogP contribution in [0.3, 0.4) is 0 Å². The summed E-state index contributed by atoms with van der Waals surface area (Å²) < 4.78 is 5.45. The van der Waals surface area contributed by atoms with E-state index in [1.165, 1.54) is 0 Å². The van der Waals surface area contributed by atoms with Crippen molar-refractivity contribution < 1.29 is 14.3 Å². The Morgan fingerprint density at radius 1 is 1.17 bits per heavy atom. The van der Waals surface area contributed by atoms with Crippen LogP contribution in [0, 0.1) is 18.8 Å². The number of nitrogens with one attached hydrogen (secondary N) is 1. The number of hydrogen-bond donors (Lipinski definition) is 1. The second kappa shape index (κ2) is 10.6. The van der Waals surface area contributed by atoms with Crippen LogP contribution in [0.1, 0.15) is 47.7 Å². The van der Waals surface area contributed by atoms with Gasteiger partial charge < -0.3 is 15.0 Å². The van der Waals surface area contributed by atoms with E-state index in [0.29, 0.717) is 30.9 Å². The number of carbonyl (C=O) groups is 2. The molecule has 0 bridgehead atoms. The third kappa shape index (κ3) is 5.49. The molecule has 3 rings (SSSR count). The van der Waals surface area contributed by atoms with E-state index < -0.39 is 6.10 Å². The number of carbonyl (C=O) groups excluding carboxylic acids is 2. The molecule has 30 heavy (non-hydrogen) atoms. The molecule has 1 heterocycles. The lowest BCUT2D eigenvalue weighted by molar-refractivity contribution is -0.124. The molecule has 2 aromatic carbocycles. The van der Waals surface area contributed by atoms with Gasteiger partial charge in [0.05, 0.1) is 6.54 Å². The molecule has 0 saturated carbocycles. The summed E-state index contributed by atoms with van der Waals surface area (Å²) >= 11 is 0. The zero-order chi connectivity index (χ0) is 21.3. The predicted octanol–water partition coefficient (Wildman–Crippen LogP) is 4.02. The van der Waals surface area contributed by atoms with Crippen LogP contribution in [0.2, 0.25) is 0 Å². The fourth-order valence-electron chi connectivity index (χ4n) is 3.45. The Balaban J connectivity index is 1.74. The van der Waals surface area contributed by atoms with Crippen molar-refractivity contribution in [2.24, 2.45) is 0 Å². The van der Waals surface area contributed by atoms with Gasteiger partial charge in [0.25, 0.3) is 11.8 Å². The second-order valence-corrected chi connectivity index (χ2v) is 7.36. The summed E-state index contributed by atoms with van der Waals surface area (Å²) in [5.41, 5.74) is 2.91. The maximum absolute atomic E-state index is 13.2. The van der Waals surface area contributed by atoms with Crippen molar-refractivity contribution in [1.82, 2.24) is 4.90 Å². The minimum Gasteiger partial charge on any atom is -0.368 e. The molecule has 5 nitrogen and oxygen atoms in total. The monoisotopic (exact) mass is 404 g/mol. The average molecular weight is 405 g/mol. The summed E-state index contributed by atoms with van der Waals surface area (Å²) in [7, 11) is 0. The topological polar surface area (TPSA) is 58.6 Å². The lowest BCUT2D eigenvalue weighted by Gasteiger charge is -2.22. The maximum Gasteiger partial charge on any atom is 0.254 e. The molecular weight excluding hydrogens is 376 g/mol. The Morgan fingerprint density at radius 2 is 1.97 bits per heavy atom. The molecule has 1 saturated heterocycles. The lowest BCUT2D eigenvalue weighted by Crippen LogP contribution is -2.33. The van der Waals surface area contributed by atoms with Crippen molar-refractivity contribution in [1.29, 1.82) is 0 Å². The largest absolute Gasteiger partial charge is 0.368 e. The van der Waals surface area contributed by atoms with Crippen molar-refractivity contribution in [2.75, 3.05) is 25.0 Å². The smallest absolute Gasteiger partial charge is 0.254 e. The average Bonchev–Trinajstić information content (AvgIpc) is 3.30. The molecule has 2 amide bonds. The summed E-state index contributed by atoms with van der Waals surface area (Å²) in [5, 5.41) is 2.92. The van der Waals surface area contributed by atoms with Crippen molar-refractivity contribution >= 4 is 17.5 Å². The third-order valence-electron chi connectivity index (χ3n) is 5.10. The van der Waals surface area contributed by atoms with Gasteiger partial charge in [-0.1, -0.05) is 43.0 Å². The Kier molecular flexibility index (Phi) is 7.64. The Morgan fingerprint density at radius 3 is 2.67 bits per heavy atom. The lowest BCUT2D eigenvalue weighted by atomic mass is 10.0. The van der Waals surface area contributed by atoms with Crippen LogP contribution < -0.4 is 5.32 Å². The molecule has 1 unspecified atom stereocenters. The van der Waals surface area contributed by atoms with Crippen LogP contribution >= 0.6 is 0 Å². The Labute approximate surface area is 178 Å². The van der Waals surface area contributed by atoms with Gasteiger partial charge in [-0.3, -0.25) is 9.59 Å². The van der Waals surface area contributed by atoms with Gasteiger partial charge >= 0.3 is 0 Å². The summed E-state index contributed by atoms with van der Waals surface area (Å²) in [6.07, 6.45) is 2.06. The number of hydrogen-bond acceptors (Lipinski definition) is 3. The van der Waals surface area contributed by atoms with Gasteiger partial charge in [0.2, 0.25) is 0 Å². The minimum absolute atomic E-state index is 0.0788. The first-order valence-corrected chi connectivity index (χ1v) is 10.5. The first kappa shape index (κ1) is 21.6. The van der Waals surface area contributed by atoms with Gasteiger partial charge in [0, 0.05) is 30.0 Å². The van der Waals surface area contributed by atoms with Crippen LogP contribution in [0.15, 0.2) is 48.5 Å². The van der Waals surface area contributed by atoms with Gasteiger partial charge in [0.1, 0.15) is 6.10 Å². The highest BCUT2D eigenvalue weighted by molar-refractivity contribution is 6.00. The van der Waals surface area contributed by atoms with Gasteiger partial charge in [-0.05, 0) is 56.0 Å². The fourth-order valence-corrected chi connectivity index (χ4v) is 3.45. The van der Waals surface area contributed by atoms with E-state index in [2.05, 4.69) is 17.2 Å². The summed E-state index contributed by atoms with van der Waals surface area (Å²) in [6, 6.07) is 15.1. The summed E-state index contributed by atoms with van der Waals surface area (Å²) in [4.78, 5) is 27.4. The van der Waals surface area contributed by atoms with Crippen LogP contribution in [0.4, 0.5) is 5.69 Å². The molecular formula is C25H28N2O3. The minimum atomic E-state index is -0.409. The zero-order valence-corrected chi connectivity index (χ0v) is 17.6. The molecule has 5 heteroatoms. The molecule has 1 atom stereocenters. The molecule has 156 valence electrons. The molecule has 0 aliphatic carbocycles. The highest BCUT2D eigenvalue weighted by atomic mass is 16.5. The van der Waals surface area contributed by atoms with Crippen molar-refractivity contribution in [2.45, 2.75) is 39.2 Å². The maximum atomic E-state index is 13.2. The molecule has 1 N–H and O–H groups in total. The highest BCUT2D eigenvalue weighted by Crippen LogP contribution is 2.22. The van der Waals surface area contributed by atoms with E-state index in [-0.39, 0.29) is 11.8 Å². The molecule has 1 fully saturated rings. The molecule has 0 aromatic heterocycles. The van der Waals surface area contributed by atoms with Crippen LogP contribution in [-0.4, -0.2) is 42.5 Å². The number of ether oxygens (including phenoxy) is 1. The van der Waals surface area contributed by atoms with E-state index in [4.69, 9.17) is 4.74 Å². The standard InChI is InChI=1S/C25H28N2O3/c1-3-16-27(17-8-12-20-10-5-4-6-11-20)25(29)21-13-7-14-22(19(21)2)26-24(28)23-15-9-18-30-23/h4-7,10-11,13-14,23H,3,9,15-18H2,1-2H3,(H,26,28). The Bertz CT molecular complexity index is 938. The summed E-state index contributed by atoms with van der Waals surface area (Å²) in [5.74, 6) is 5.99. The number of benzene rings is 2. The van der Waals surface area contributed by atoms with Crippen molar-refractivity contribution in [3.63, 3.8) is 0 Å². The normalized spacial score (nSPS) is 15.2. The molecule has 0 radical (unpaired) electrons. The van der Waals surface area contributed by atoms with Gasteiger partial charge in [0.15, 0.2) is 0 Å². The number of rotatable bonds is 6. The second-order valence-electron chi connectivity index (χ2n) is 7.36. The van der Waals surface area contributed by atoms with Crippen molar-refractivity contribution in [3.05, 3.63) is 65.2 Å². The quantitative estimate of drug-likeness (QED) is 0.740. The van der Waals surface area contributed by atoms with Crippen molar-refractivity contribution in [3.8, 4) is 11.8 Å². The van der Waals surface area contributed by atoms with Crippen LogP contribution in [-0.2, 0) is 9.53 Å². The fraction of sp³-hybridized carbons (Fsp3) is 0.360. The zero-order valence-electron chi connectivity index (χ0n) is 17.6. The molecule has 1 aliphatic rings.